The maximum atomic E-state index is 12.4. The first-order valence-corrected chi connectivity index (χ1v) is 3.73. The zero-order valence-electron chi connectivity index (χ0n) is 7.42. The molecule has 8 heteroatoms. The molecule has 0 aliphatic carbocycles. The topological polar surface area (TPSA) is 72.5 Å². The van der Waals surface area contributed by atoms with Gasteiger partial charge in [-0.25, -0.2) is 4.79 Å². The van der Waals surface area contributed by atoms with Gasteiger partial charge in [0.05, 0.1) is 0 Å². The molecular formula is C7H6F3NO4. The molecule has 0 bridgehead atoms. The van der Waals surface area contributed by atoms with Crippen LogP contribution in [0.25, 0.3) is 0 Å². The largest absolute Gasteiger partial charge is 0.518 e. The Bertz CT molecular complexity index is 405. The van der Waals surface area contributed by atoms with Crippen molar-refractivity contribution in [2.75, 3.05) is 0 Å². The molecule has 1 amide bonds. The number of amides is 1. The van der Waals surface area contributed by atoms with Gasteiger partial charge in [0.25, 0.3) is 0 Å². The van der Waals surface area contributed by atoms with Gasteiger partial charge < -0.3 is 14.2 Å². The molecule has 5 nitrogen and oxygen atoms in total. The van der Waals surface area contributed by atoms with Crippen molar-refractivity contribution in [3.05, 3.63) is 22.6 Å². The zero-order valence-corrected chi connectivity index (χ0v) is 7.42. The molecule has 84 valence electrons. The summed E-state index contributed by atoms with van der Waals surface area (Å²) in [4.78, 5) is 20.9. The van der Waals surface area contributed by atoms with Crippen molar-refractivity contribution in [1.82, 2.24) is 5.32 Å². The van der Waals surface area contributed by atoms with Gasteiger partial charge >= 0.3 is 12.0 Å². The summed E-state index contributed by atoms with van der Waals surface area (Å²) in [5, 5.41) is 1.59. The second-order valence-electron chi connectivity index (χ2n) is 2.67. The van der Waals surface area contributed by atoms with Crippen molar-refractivity contribution in [3.63, 3.8) is 0 Å². The lowest BCUT2D eigenvalue weighted by Gasteiger charge is -2.17. The van der Waals surface area contributed by atoms with Crippen molar-refractivity contribution in [2.45, 2.75) is 19.1 Å². The first-order valence-electron chi connectivity index (χ1n) is 3.73. The monoisotopic (exact) mass is 225 g/mol. The standard InChI is InChI=1S/C7H6F3NO4/c1-3(12)11-5(7(8,9)10)4-2-14-6(13)15-4/h2,5H,1H3,(H,11,12). The number of nitrogens with one attached hydrogen (secondary N) is 1. The molecule has 0 aromatic carbocycles. The molecule has 1 atom stereocenters. The molecule has 1 aromatic rings. The molecule has 0 radical (unpaired) electrons. The summed E-state index contributed by atoms with van der Waals surface area (Å²) in [5.41, 5.74) is 0. The van der Waals surface area contributed by atoms with Gasteiger partial charge in [0.15, 0.2) is 11.8 Å². The first kappa shape index (κ1) is 11.3. The van der Waals surface area contributed by atoms with Gasteiger partial charge in [-0.2, -0.15) is 13.2 Å². The molecule has 0 fully saturated rings. The third kappa shape index (κ3) is 2.86. The van der Waals surface area contributed by atoms with E-state index in [0.717, 1.165) is 6.92 Å². The lowest BCUT2D eigenvalue weighted by atomic mass is 10.2. The molecular weight excluding hydrogens is 219 g/mol. The minimum absolute atomic E-state index is 0.510. The van der Waals surface area contributed by atoms with E-state index in [1.807, 2.05) is 0 Å². The lowest BCUT2D eigenvalue weighted by molar-refractivity contribution is -0.166. The molecule has 1 unspecified atom stereocenters. The van der Waals surface area contributed by atoms with E-state index < -0.39 is 29.7 Å². The molecule has 0 saturated carbocycles. The van der Waals surface area contributed by atoms with E-state index in [2.05, 4.69) is 8.83 Å². The Morgan fingerprint density at radius 3 is 2.47 bits per heavy atom. The van der Waals surface area contributed by atoms with Crippen LogP contribution in [0.2, 0.25) is 0 Å². The van der Waals surface area contributed by atoms with Crippen LogP contribution in [0.3, 0.4) is 0 Å². The van der Waals surface area contributed by atoms with E-state index in [4.69, 9.17) is 0 Å². The van der Waals surface area contributed by atoms with Crippen LogP contribution in [0, 0.1) is 0 Å². The number of carbonyl (C=O) groups is 1. The van der Waals surface area contributed by atoms with Crippen LogP contribution >= 0.6 is 0 Å². The fourth-order valence-electron chi connectivity index (χ4n) is 0.895. The molecule has 0 spiro atoms. The SMILES string of the molecule is CC(=O)NC(c1coc(=O)o1)C(F)(F)F. The Kier molecular flexibility index (Phi) is 2.87. The molecule has 1 N–H and O–H groups in total. The summed E-state index contributed by atoms with van der Waals surface area (Å²) in [5.74, 6) is -2.95. The molecule has 0 aliphatic heterocycles. The van der Waals surface area contributed by atoms with E-state index in [1.165, 1.54) is 0 Å². The number of rotatable bonds is 2. The van der Waals surface area contributed by atoms with E-state index >= 15 is 0 Å². The summed E-state index contributed by atoms with van der Waals surface area (Å²) in [6.07, 6.45) is -4.25. The third-order valence-corrected chi connectivity index (χ3v) is 1.43. The van der Waals surface area contributed by atoms with Crippen molar-refractivity contribution in [3.8, 4) is 0 Å². The molecule has 1 rings (SSSR count). The Hall–Kier alpha value is -1.73. The molecule has 0 aliphatic rings. The van der Waals surface area contributed by atoms with E-state index in [0.29, 0.717) is 6.26 Å². The van der Waals surface area contributed by atoms with Gasteiger partial charge in [0.1, 0.15) is 6.26 Å². The lowest BCUT2D eigenvalue weighted by Crippen LogP contribution is -2.36. The molecule has 1 heterocycles. The van der Waals surface area contributed by atoms with Crippen molar-refractivity contribution in [2.24, 2.45) is 0 Å². The number of hydrogen-bond donors (Lipinski definition) is 1. The highest BCUT2D eigenvalue weighted by Gasteiger charge is 2.44. The van der Waals surface area contributed by atoms with Crippen molar-refractivity contribution >= 4 is 5.91 Å². The Labute approximate surface area is 80.9 Å². The summed E-state index contributed by atoms with van der Waals surface area (Å²) in [6, 6.07) is -2.37. The second kappa shape index (κ2) is 3.79. The highest BCUT2D eigenvalue weighted by Crippen LogP contribution is 2.32. The normalized spacial score (nSPS) is 13.6. The van der Waals surface area contributed by atoms with Crippen LogP contribution in [0.4, 0.5) is 13.2 Å². The third-order valence-electron chi connectivity index (χ3n) is 1.43. The summed E-state index contributed by atoms with van der Waals surface area (Å²) >= 11 is 0. The van der Waals surface area contributed by atoms with Crippen LogP contribution < -0.4 is 11.1 Å². The number of alkyl halides is 3. The van der Waals surface area contributed by atoms with Gasteiger partial charge in [0, 0.05) is 6.92 Å². The molecule has 0 saturated heterocycles. The van der Waals surface area contributed by atoms with Crippen molar-refractivity contribution in [1.29, 1.82) is 0 Å². The summed E-state index contributed by atoms with van der Waals surface area (Å²) in [6.45, 7) is 0.914. The number of hydrogen-bond acceptors (Lipinski definition) is 4. The maximum Gasteiger partial charge on any atom is 0.518 e. The minimum Gasteiger partial charge on any atom is -0.399 e. The smallest absolute Gasteiger partial charge is 0.399 e. The average molecular weight is 225 g/mol. The van der Waals surface area contributed by atoms with E-state index in [9.17, 15) is 22.8 Å². The quantitative estimate of drug-likeness (QED) is 0.813. The van der Waals surface area contributed by atoms with Gasteiger partial charge in [-0.15, -0.1) is 0 Å². The van der Waals surface area contributed by atoms with Crippen molar-refractivity contribution < 1.29 is 26.8 Å². The summed E-state index contributed by atoms with van der Waals surface area (Å²) < 4.78 is 45.2. The van der Waals surface area contributed by atoms with Crippen LogP contribution in [0.15, 0.2) is 19.9 Å². The highest BCUT2D eigenvalue weighted by molar-refractivity contribution is 5.73. The van der Waals surface area contributed by atoms with Gasteiger partial charge in [-0.05, 0) is 0 Å². The predicted molar refractivity (Wildman–Crippen MR) is 39.9 cm³/mol. The van der Waals surface area contributed by atoms with Crippen LogP contribution in [-0.2, 0) is 4.79 Å². The number of carbonyl (C=O) groups excluding carboxylic acids is 1. The first-order chi connectivity index (χ1) is 6.80. The average Bonchev–Trinajstić information content (AvgIpc) is 2.45. The van der Waals surface area contributed by atoms with E-state index in [1.54, 1.807) is 5.32 Å². The predicted octanol–water partition coefficient (Wildman–Crippen LogP) is 0.972. The molecule has 1 aromatic heterocycles. The van der Waals surface area contributed by atoms with Crippen LogP contribution in [0.1, 0.15) is 18.7 Å². The van der Waals surface area contributed by atoms with E-state index in [-0.39, 0.29) is 0 Å². The zero-order chi connectivity index (χ0) is 11.6. The number of halogens is 3. The Morgan fingerprint density at radius 2 is 2.13 bits per heavy atom. The fraction of sp³-hybridized carbons (Fsp3) is 0.429. The maximum absolute atomic E-state index is 12.4. The Morgan fingerprint density at radius 1 is 1.53 bits per heavy atom. The van der Waals surface area contributed by atoms with Gasteiger partial charge in [-0.3, -0.25) is 4.79 Å². The van der Waals surface area contributed by atoms with Gasteiger partial charge in [0.2, 0.25) is 5.91 Å². The van der Waals surface area contributed by atoms with Crippen LogP contribution in [0.5, 0.6) is 0 Å². The second-order valence-corrected chi connectivity index (χ2v) is 2.67. The van der Waals surface area contributed by atoms with Gasteiger partial charge in [-0.1, -0.05) is 0 Å². The Balaban J connectivity index is 3.01. The van der Waals surface area contributed by atoms with Crippen LogP contribution in [-0.4, -0.2) is 12.1 Å². The summed E-state index contributed by atoms with van der Waals surface area (Å²) in [7, 11) is 0. The fourth-order valence-corrected chi connectivity index (χ4v) is 0.895. The minimum atomic E-state index is -4.76. The molecule has 15 heavy (non-hydrogen) atoms. The highest BCUT2D eigenvalue weighted by atomic mass is 19.4.